The number of pyridine rings is 1. The minimum Gasteiger partial charge on any atom is -0.465 e. The molecule has 6 nitrogen and oxygen atoms in total. The van der Waals surface area contributed by atoms with Crippen LogP contribution in [0.15, 0.2) is 54.5 Å². The molecule has 0 atom stereocenters. The maximum atomic E-state index is 12.5. The largest absolute Gasteiger partial charge is 0.465 e. The SMILES string of the molecule is C=C(C)O/C(C)=C(\N)CN(C)C(=O)c1cnc(-c2cccnc2)s1. The van der Waals surface area contributed by atoms with E-state index in [0.29, 0.717) is 22.1 Å². The first-order chi connectivity index (χ1) is 11.4. The van der Waals surface area contributed by atoms with Gasteiger partial charge in [-0.1, -0.05) is 6.58 Å². The molecule has 0 aliphatic rings. The van der Waals surface area contributed by atoms with Crippen molar-refractivity contribution in [3.63, 3.8) is 0 Å². The molecule has 0 fully saturated rings. The van der Waals surface area contributed by atoms with E-state index in [2.05, 4.69) is 16.5 Å². The number of likely N-dealkylation sites (N-methyl/N-ethyl adjacent to an activating group) is 1. The Morgan fingerprint density at radius 3 is 2.79 bits per heavy atom. The van der Waals surface area contributed by atoms with Crippen LogP contribution in [-0.4, -0.2) is 34.4 Å². The molecule has 0 aliphatic carbocycles. The zero-order chi connectivity index (χ0) is 17.7. The highest BCUT2D eigenvalue weighted by molar-refractivity contribution is 7.16. The molecular weight excluding hydrogens is 324 g/mol. The van der Waals surface area contributed by atoms with Gasteiger partial charge in [0, 0.05) is 25.0 Å². The van der Waals surface area contributed by atoms with Crippen molar-refractivity contribution in [2.45, 2.75) is 13.8 Å². The van der Waals surface area contributed by atoms with Gasteiger partial charge in [0.2, 0.25) is 0 Å². The number of nitrogens with zero attached hydrogens (tertiary/aromatic N) is 3. The second-order valence-electron chi connectivity index (χ2n) is 5.32. The second-order valence-corrected chi connectivity index (χ2v) is 6.35. The number of thiazole rings is 1. The van der Waals surface area contributed by atoms with Crippen LogP contribution in [0.4, 0.5) is 0 Å². The maximum absolute atomic E-state index is 12.5. The van der Waals surface area contributed by atoms with Gasteiger partial charge in [0.05, 0.1) is 24.2 Å². The Morgan fingerprint density at radius 1 is 1.42 bits per heavy atom. The number of allylic oxidation sites excluding steroid dienone is 2. The molecule has 7 heteroatoms. The van der Waals surface area contributed by atoms with Crippen LogP contribution in [0, 0.1) is 0 Å². The molecule has 126 valence electrons. The minimum absolute atomic E-state index is 0.145. The first-order valence-electron chi connectivity index (χ1n) is 7.28. The standard InChI is InChI=1S/C17H20N4O2S/c1-11(2)23-12(3)14(18)10-21(4)17(22)15-9-20-16(24-15)13-6-5-7-19-8-13/h5-9H,1,10,18H2,2-4H3/b14-12-. The van der Waals surface area contributed by atoms with Crippen molar-refractivity contribution in [3.8, 4) is 10.6 Å². The van der Waals surface area contributed by atoms with Crippen molar-refractivity contribution in [3.05, 3.63) is 59.4 Å². The fourth-order valence-corrected chi connectivity index (χ4v) is 2.85. The molecule has 1 amide bonds. The summed E-state index contributed by atoms with van der Waals surface area (Å²) in [7, 11) is 1.69. The number of aromatic nitrogens is 2. The van der Waals surface area contributed by atoms with Gasteiger partial charge in [0.25, 0.3) is 5.91 Å². The molecule has 0 unspecified atom stereocenters. The monoisotopic (exact) mass is 344 g/mol. The molecule has 0 bridgehead atoms. The first-order valence-corrected chi connectivity index (χ1v) is 8.10. The lowest BCUT2D eigenvalue weighted by Gasteiger charge is -2.18. The number of amides is 1. The summed E-state index contributed by atoms with van der Waals surface area (Å²) in [6.45, 7) is 7.41. The van der Waals surface area contributed by atoms with E-state index >= 15 is 0 Å². The van der Waals surface area contributed by atoms with E-state index in [1.165, 1.54) is 16.2 Å². The third-order valence-corrected chi connectivity index (χ3v) is 4.19. The first kappa shape index (κ1) is 17.7. The summed E-state index contributed by atoms with van der Waals surface area (Å²) in [6.07, 6.45) is 4.99. The molecule has 2 aromatic heterocycles. The van der Waals surface area contributed by atoms with Gasteiger partial charge in [-0.15, -0.1) is 11.3 Å². The quantitative estimate of drug-likeness (QED) is 0.815. The summed E-state index contributed by atoms with van der Waals surface area (Å²) in [5, 5.41) is 0.755. The van der Waals surface area contributed by atoms with Crippen molar-refractivity contribution in [2.24, 2.45) is 5.73 Å². The fraction of sp³-hybridized carbons (Fsp3) is 0.235. The highest BCUT2D eigenvalue weighted by Gasteiger charge is 2.17. The summed E-state index contributed by atoms with van der Waals surface area (Å²) < 4.78 is 5.37. The van der Waals surface area contributed by atoms with Crippen molar-refractivity contribution >= 4 is 17.2 Å². The maximum Gasteiger partial charge on any atom is 0.265 e. The third-order valence-electron chi connectivity index (χ3n) is 3.16. The Bertz CT molecular complexity index is 768. The van der Waals surface area contributed by atoms with Crippen molar-refractivity contribution in [1.29, 1.82) is 0 Å². The predicted molar refractivity (Wildman–Crippen MR) is 95.1 cm³/mol. The average Bonchev–Trinajstić information content (AvgIpc) is 3.04. The smallest absolute Gasteiger partial charge is 0.265 e. The number of rotatable bonds is 6. The van der Waals surface area contributed by atoms with Crippen LogP contribution in [0.2, 0.25) is 0 Å². The molecular formula is C17H20N4O2S. The van der Waals surface area contributed by atoms with Gasteiger partial charge in [-0.25, -0.2) is 4.98 Å². The van der Waals surface area contributed by atoms with Gasteiger partial charge in [0.1, 0.15) is 15.6 Å². The zero-order valence-electron chi connectivity index (χ0n) is 13.9. The summed E-state index contributed by atoms with van der Waals surface area (Å²) in [5.74, 6) is 0.948. The van der Waals surface area contributed by atoms with Crippen LogP contribution in [0.1, 0.15) is 23.5 Å². The normalized spacial score (nSPS) is 11.6. The van der Waals surface area contributed by atoms with Crippen LogP contribution < -0.4 is 5.73 Å². The van der Waals surface area contributed by atoms with Crippen LogP contribution in [0.3, 0.4) is 0 Å². The summed E-state index contributed by atoms with van der Waals surface area (Å²) in [6, 6.07) is 3.74. The van der Waals surface area contributed by atoms with Crippen molar-refractivity contribution in [1.82, 2.24) is 14.9 Å². The van der Waals surface area contributed by atoms with E-state index in [1.807, 2.05) is 12.1 Å². The summed E-state index contributed by atoms with van der Waals surface area (Å²) >= 11 is 1.32. The predicted octanol–water partition coefficient (Wildman–Crippen LogP) is 3.02. The average molecular weight is 344 g/mol. The topological polar surface area (TPSA) is 81.3 Å². The summed E-state index contributed by atoms with van der Waals surface area (Å²) in [5.41, 5.74) is 7.34. The Balaban J connectivity index is 2.09. The van der Waals surface area contributed by atoms with E-state index in [0.717, 1.165) is 10.6 Å². The molecule has 24 heavy (non-hydrogen) atoms. The zero-order valence-corrected chi connectivity index (χ0v) is 14.8. The molecule has 2 heterocycles. The highest BCUT2D eigenvalue weighted by Crippen LogP contribution is 2.25. The number of hydrogen-bond acceptors (Lipinski definition) is 6. The molecule has 2 rings (SSSR count). The van der Waals surface area contributed by atoms with Gasteiger partial charge in [-0.05, 0) is 26.0 Å². The van der Waals surface area contributed by atoms with E-state index in [9.17, 15) is 4.79 Å². The molecule has 0 radical (unpaired) electrons. The van der Waals surface area contributed by atoms with Gasteiger partial charge in [0.15, 0.2) is 0 Å². The molecule has 2 aromatic rings. The van der Waals surface area contributed by atoms with Crippen LogP contribution in [-0.2, 0) is 4.74 Å². The van der Waals surface area contributed by atoms with Gasteiger partial charge >= 0.3 is 0 Å². The number of carbonyl (C=O) groups is 1. The fourth-order valence-electron chi connectivity index (χ4n) is 1.95. The summed E-state index contributed by atoms with van der Waals surface area (Å²) in [4.78, 5) is 22.9. The number of carbonyl (C=O) groups excluding carboxylic acids is 1. The van der Waals surface area contributed by atoms with E-state index < -0.39 is 0 Å². The van der Waals surface area contributed by atoms with Crippen LogP contribution in [0.25, 0.3) is 10.6 Å². The molecule has 2 N–H and O–H groups in total. The van der Waals surface area contributed by atoms with E-state index in [-0.39, 0.29) is 12.5 Å². The number of ether oxygens (including phenoxy) is 1. The molecule has 0 aliphatic heterocycles. The minimum atomic E-state index is -0.145. The third kappa shape index (κ3) is 4.42. The van der Waals surface area contributed by atoms with E-state index in [4.69, 9.17) is 10.5 Å². The molecule has 0 saturated heterocycles. The number of hydrogen-bond donors (Lipinski definition) is 1. The lowest BCUT2D eigenvalue weighted by atomic mass is 10.3. The van der Waals surface area contributed by atoms with Crippen molar-refractivity contribution in [2.75, 3.05) is 13.6 Å². The van der Waals surface area contributed by atoms with Crippen LogP contribution >= 0.6 is 11.3 Å². The Kier molecular flexibility index (Phi) is 5.70. The second kappa shape index (κ2) is 7.74. The lowest BCUT2D eigenvalue weighted by Crippen LogP contribution is -2.30. The van der Waals surface area contributed by atoms with Crippen LogP contribution in [0.5, 0.6) is 0 Å². The van der Waals surface area contributed by atoms with Gasteiger partial charge < -0.3 is 15.4 Å². The molecule has 0 aromatic carbocycles. The van der Waals surface area contributed by atoms with E-state index in [1.54, 1.807) is 39.5 Å². The highest BCUT2D eigenvalue weighted by atomic mass is 32.1. The van der Waals surface area contributed by atoms with Crippen molar-refractivity contribution < 1.29 is 9.53 Å². The number of nitrogens with two attached hydrogens (primary N) is 1. The Labute approximate surface area is 145 Å². The molecule has 0 spiro atoms. The van der Waals surface area contributed by atoms with Gasteiger partial charge in [-0.3, -0.25) is 9.78 Å². The Hall–Kier alpha value is -2.67. The lowest BCUT2D eigenvalue weighted by molar-refractivity contribution is 0.0809. The van der Waals surface area contributed by atoms with Gasteiger partial charge in [-0.2, -0.15) is 0 Å². The molecule has 0 saturated carbocycles. The Morgan fingerprint density at radius 2 is 2.17 bits per heavy atom.